The van der Waals surface area contributed by atoms with Crippen molar-refractivity contribution < 1.29 is 14.5 Å². The molecule has 0 heterocycles. The predicted octanol–water partition coefficient (Wildman–Crippen LogP) is 3.43. The Morgan fingerprint density at radius 3 is 2.63 bits per heavy atom. The predicted molar refractivity (Wildman–Crippen MR) is 103 cm³/mol. The maximum Gasteiger partial charge on any atom is 0.270 e. The maximum atomic E-state index is 11.9. The molecule has 8 nitrogen and oxygen atoms in total. The molecule has 2 aromatic rings. The minimum atomic E-state index is -0.518. The third kappa shape index (κ3) is 6.52. The lowest BCUT2D eigenvalue weighted by Crippen LogP contribution is -2.20. The SMILES string of the molecule is Cc1ccc(NC(=O)CCC(=O)NN=Cc2cccc([N+](=O)[O-])c2)cc1Cl. The number of benzene rings is 2. The molecule has 0 aromatic heterocycles. The number of aryl methyl sites for hydroxylation is 1. The number of nitro benzene ring substituents is 1. The van der Waals surface area contributed by atoms with E-state index in [9.17, 15) is 19.7 Å². The van der Waals surface area contributed by atoms with E-state index in [4.69, 9.17) is 11.6 Å². The second kappa shape index (κ2) is 9.44. The monoisotopic (exact) mass is 388 g/mol. The van der Waals surface area contributed by atoms with Crippen molar-refractivity contribution in [2.24, 2.45) is 5.10 Å². The summed E-state index contributed by atoms with van der Waals surface area (Å²) in [7, 11) is 0. The molecule has 0 radical (unpaired) electrons. The van der Waals surface area contributed by atoms with Gasteiger partial charge in [-0.2, -0.15) is 5.10 Å². The van der Waals surface area contributed by atoms with Crippen LogP contribution in [0.3, 0.4) is 0 Å². The van der Waals surface area contributed by atoms with Crippen molar-refractivity contribution >= 4 is 41.0 Å². The van der Waals surface area contributed by atoms with Gasteiger partial charge in [-0.15, -0.1) is 0 Å². The molecule has 140 valence electrons. The first-order chi connectivity index (χ1) is 12.8. The molecule has 0 saturated heterocycles. The van der Waals surface area contributed by atoms with Gasteiger partial charge < -0.3 is 5.32 Å². The smallest absolute Gasteiger partial charge is 0.270 e. The highest BCUT2D eigenvalue weighted by molar-refractivity contribution is 6.31. The van der Waals surface area contributed by atoms with E-state index >= 15 is 0 Å². The van der Waals surface area contributed by atoms with Gasteiger partial charge in [0.25, 0.3) is 5.69 Å². The van der Waals surface area contributed by atoms with Gasteiger partial charge >= 0.3 is 0 Å². The van der Waals surface area contributed by atoms with Gasteiger partial charge in [-0.1, -0.05) is 29.8 Å². The van der Waals surface area contributed by atoms with E-state index < -0.39 is 10.8 Å². The molecule has 0 spiro atoms. The lowest BCUT2D eigenvalue weighted by Gasteiger charge is -2.06. The number of non-ortho nitro benzene ring substituents is 1. The Balaban J connectivity index is 1.78. The number of anilines is 1. The first-order valence-electron chi connectivity index (χ1n) is 7.97. The Morgan fingerprint density at radius 2 is 1.93 bits per heavy atom. The van der Waals surface area contributed by atoms with Gasteiger partial charge in [0.15, 0.2) is 0 Å². The fourth-order valence-electron chi connectivity index (χ4n) is 2.07. The van der Waals surface area contributed by atoms with E-state index in [1.807, 2.05) is 6.92 Å². The van der Waals surface area contributed by atoms with E-state index in [1.165, 1.54) is 24.4 Å². The van der Waals surface area contributed by atoms with E-state index in [-0.39, 0.29) is 24.4 Å². The number of carbonyl (C=O) groups excluding carboxylic acids is 2. The Bertz CT molecular complexity index is 899. The quantitative estimate of drug-likeness (QED) is 0.429. The van der Waals surface area contributed by atoms with Gasteiger partial charge in [0.2, 0.25) is 11.8 Å². The Labute approximate surface area is 160 Å². The number of nitro groups is 1. The zero-order valence-corrected chi connectivity index (χ0v) is 15.2. The molecule has 2 rings (SSSR count). The van der Waals surface area contributed by atoms with E-state index in [0.717, 1.165) is 5.56 Å². The average molecular weight is 389 g/mol. The first-order valence-corrected chi connectivity index (χ1v) is 8.35. The molecule has 0 unspecified atom stereocenters. The normalized spacial score (nSPS) is 10.6. The Kier molecular flexibility index (Phi) is 7.01. The van der Waals surface area contributed by atoms with Crippen LogP contribution in [0.1, 0.15) is 24.0 Å². The summed E-state index contributed by atoms with van der Waals surface area (Å²) < 4.78 is 0. The largest absolute Gasteiger partial charge is 0.326 e. The van der Waals surface area contributed by atoms with Gasteiger partial charge in [-0.05, 0) is 24.6 Å². The molecule has 0 aliphatic rings. The number of hydrogen-bond acceptors (Lipinski definition) is 5. The minimum Gasteiger partial charge on any atom is -0.326 e. The van der Waals surface area contributed by atoms with Crippen LogP contribution >= 0.6 is 11.6 Å². The van der Waals surface area contributed by atoms with Crippen LogP contribution < -0.4 is 10.7 Å². The topological polar surface area (TPSA) is 114 Å². The third-order valence-corrected chi connectivity index (χ3v) is 3.93. The van der Waals surface area contributed by atoms with Gasteiger partial charge in [0.1, 0.15) is 0 Å². The summed E-state index contributed by atoms with van der Waals surface area (Å²) >= 11 is 5.99. The molecule has 27 heavy (non-hydrogen) atoms. The van der Waals surface area contributed by atoms with Crippen molar-refractivity contribution in [2.45, 2.75) is 19.8 Å². The summed E-state index contributed by atoms with van der Waals surface area (Å²) in [6.45, 7) is 1.85. The molecule has 9 heteroatoms. The highest BCUT2D eigenvalue weighted by Crippen LogP contribution is 2.20. The Morgan fingerprint density at radius 1 is 1.19 bits per heavy atom. The summed E-state index contributed by atoms with van der Waals surface area (Å²) in [6.07, 6.45) is 1.21. The molecule has 0 atom stereocenters. The van der Waals surface area contributed by atoms with Crippen molar-refractivity contribution in [3.05, 3.63) is 68.7 Å². The minimum absolute atomic E-state index is 0.0241. The summed E-state index contributed by atoms with van der Waals surface area (Å²) in [4.78, 5) is 33.8. The molecular weight excluding hydrogens is 372 g/mol. The van der Waals surface area contributed by atoms with Gasteiger partial charge in [-0.25, -0.2) is 5.43 Å². The van der Waals surface area contributed by atoms with Crippen molar-refractivity contribution in [3.63, 3.8) is 0 Å². The van der Waals surface area contributed by atoms with Crippen LogP contribution in [0.25, 0.3) is 0 Å². The molecule has 0 aliphatic heterocycles. The van der Waals surface area contributed by atoms with Crippen molar-refractivity contribution in [2.75, 3.05) is 5.32 Å². The number of amides is 2. The zero-order chi connectivity index (χ0) is 19.8. The van der Waals surface area contributed by atoms with Crippen molar-refractivity contribution in [1.82, 2.24) is 5.43 Å². The van der Waals surface area contributed by atoms with Gasteiger partial charge in [-0.3, -0.25) is 19.7 Å². The van der Waals surface area contributed by atoms with E-state index in [2.05, 4.69) is 15.8 Å². The van der Waals surface area contributed by atoms with Crippen LogP contribution in [0.2, 0.25) is 5.02 Å². The highest BCUT2D eigenvalue weighted by atomic mass is 35.5. The highest BCUT2D eigenvalue weighted by Gasteiger charge is 2.08. The van der Waals surface area contributed by atoms with E-state index in [0.29, 0.717) is 16.3 Å². The maximum absolute atomic E-state index is 11.9. The number of halogens is 1. The number of carbonyl (C=O) groups is 2. The van der Waals surface area contributed by atoms with Crippen molar-refractivity contribution in [1.29, 1.82) is 0 Å². The molecule has 0 saturated carbocycles. The molecule has 2 aromatic carbocycles. The van der Waals surface area contributed by atoms with Crippen LogP contribution in [0, 0.1) is 17.0 Å². The fourth-order valence-corrected chi connectivity index (χ4v) is 2.26. The number of hydrazone groups is 1. The lowest BCUT2D eigenvalue weighted by atomic mass is 10.2. The number of nitrogens with zero attached hydrogens (tertiary/aromatic N) is 2. The molecular formula is C18H17ClN4O4. The summed E-state index contributed by atoms with van der Waals surface area (Å²) in [5.41, 5.74) is 4.13. The first kappa shape index (κ1) is 20.1. The number of hydrogen-bond donors (Lipinski definition) is 2. The summed E-state index contributed by atoms with van der Waals surface area (Å²) in [5.74, 6) is -0.776. The van der Waals surface area contributed by atoms with E-state index in [1.54, 1.807) is 24.3 Å². The summed E-state index contributed by atoms with van der Waals surface area (Å²) in [6, 6.07) is 11.0. The van der Waals surface area contributed by atoms with Gasteiger partial charge in [0.05, 0.1) is 11.1 Å². The van der Waals surface area contributed by atoms with Crippen LogP contribution in [-0.4, -0.2) is 23.0 Å². The van der Waals surface area contributed by atoms with Crippen LogP contribution in [0.5, 0.6) is 0 Å². The van der Waals surface area contributed by atoms with Crippen LogP contribution in [0.4, 0.5) is 11.4 Å². The standard InChI is InChI=1S/C18H17ClN4O4/c1-12-5-6-14(10-16(12)19)21-17(24)7-8-18(25)22-20-11-13-3-2-4-15(9-13)23(26)27/h2-6,9-11H,7-8H2,1H3,(H,21,24)(H,22,25). The number of nitrogens with one attached hydrogen (secondary N) is 2. The molecule has 2 N–H and O–H groups in total. The lowest BCUT2D eigenvalue weighted by molar-refractivity contribution is -0.384. The van der Waals surface area contributed by atoms with Crippen molar-refractivity contribution in [3.8, 4) is 0 Å². The molecule has 0 aliphatic carbocycles. The summed E-state index contributed by atoms with van der Waals surface area (Å²) in [5, 5.41) is 17.6. The fraction of sp³-hybridized carbons (Fsp3) is 0.167. The second-order valence-electron chi connectivity index (χ2n) is 5.66. The molecule has 2 amide bonds. The molecule has 0 fully saturated rings. The van der Waals surface area contributed by atoms with Gasteiger partial charge in [0, 0.05) is 41.2 Å². The number of rotatable bonds is 7. The molecule has 0 bridgehead atoms. The third-order valence-electron chi connectivity index (χ3n) is 3.52. The average Bonchev–Trinajstić information content (AvgIpc) is 2.63. The Hall–Kier alpha value is -3.26. The second-order valence-corrected chi connectivity index (χ2v) is 6.06. The van der Waals surface area contributed by atoms with Crippen LogP contribution in [0.15, 0.2) is 47.6 Å². The van der Waals surface area contributed by atoms with Crippen LogP contribution in [-0.2, 0) is 9.59 Å². The zero-order valence-electron chi connectivity index (χ0n) is 14.4.